The predicted molar refractivity (Wildman–Crippen MR) is 80.5 cm³/mol. The molecule has 1 aromatic carbocycles. The van der Waals surface area contributed by atoms with Gasteiger partial charge in [-0.1, -0.05) is 5.16 Å². The second-order valence-corrected chi connectivity index (χ2v) is 7.46. The van der Waals surface area contributed by atoms with E-state index in [0.29, 0.717) is 16.5 Å². The van der Waals surface area contributed by atoms with Crippen LogP contribution < -0.4 is 4.72 Å². The van der Waals surface area contributed by atoms with Gasteiger partial charge in [-0.25, -0.2) is 17.5 Å². The van der Waals surface area contributed by atoms with Crippen LogP contribution in [0, 0.1) is 5.82 Å². The number of aromatic nitrogens is 2. The summed E-state index contributed by atoms with van der Waals surface area (Å²) in [4.78, 5) is 4.18. The number of sulfonamides is 1. The summed E-state index contributed by atoms with van der Waals surface area (Å²) in [6, 6.07) is 4.17. The minimum Gasteiger partial charge on any atom is -0.464 e. The first-order chi connectivity index (χ1) is 10.7. The molecule has 3 aromatic rings. The van der Waals surface area contributed by atoms with Crippen molar-refractivity contribution in [1.82, 2.24) is 14.9 Å². The van der Waals surface area contributed by atoms with Crippen LogP contribution in [0.2, 0.25) is 0 Å². The monoisotopic (exact) mass is 339 g/mol. The van der Waals surface area contributed by atoms with Crippen molar-refractivity contribution in [3.8, 4) is 11.5 Å². The fraction of sp³-hybridized carbons (Fsp3) is 0.286. The van der Waals surface area contributed by atoms with Crippen molar-refractivity contribution in [1.29, 1.82) is 0 Å². The van der Waals surface area contributed by atoms with Crippen LogP contribution in [0.4, 0.5) is 4.39 Å². The van der Waals surface area contributed by atoms with Crippen molar-refractivity contribution in [2.24, 2.45) is 0 Å². The Bertz CT molecular complexity index is 975. The molecule has 0 aliphatic heterocycles. The van der Waals surface area contributed by atoms with Gasteiger partial charge in [-0.15, -0.1) is 0 Å². The van der Waals surface area contributed by atoms with Gasteiger partial charge in [0.15, 0.2) is 5.82 Å². The van der Waals surface area contributed by atoms with Crippen molar-refractivity contribution < 1.29 is 21.7 Å². The summed E-state index contributed by atoms with van der Waals surface area (Å²) < 4.78 is 49.4. The standard InChI is InChI=1S/C14H14FN3O4S/c1-14(2,18-23(3,19)20)13-16-12(22-17-13)10-7-9(15)6-8-4-5-21-11(8)10/h4-7,18H,1-3H3. The Morgan fingerprint density at radius 2 is 2.04 bits per heavy atom. The van der Waals surface area contributed by atoms with E-state index < -0.39 is 21.4 Å². The smallest absolute Gasteiger partial charge is 0.261 e. The Labute approximate surface area is 131 Å². The molecule has 0 atom stereocenters. The Kier molecular flexibility index (Phi) is 3.49. The quantitative estimate of drug-likeness (QED) is 0.784. The fourth-order valence-corrected chi connectivity index (χ4v) is 3.32. The molecule has 2 heterocycles. The molecule has 23 heavy (non-hydrogen) atoms. The molecule has 0 amide bonds. The van der Waals surface area contributed by atoms with E-state index in [1.165, 1.54) is 18.4 Å². The molecule has 0 spiro atoms. The third kappa shape index (κ3) is 3.10. The van der Waals surface area contributed by atoms with Crippen LogP contribution >= 0.6 is 0 Å². The Balaban J connectivity index is 2.06. The van der Waals surface area contributed by atoms with Crippen LogP contribution in [0.1, 0.15) is 19.7 Å². The van der Waals surface area contributed by atoms with Crippen LogP contribution in [0.3, 0.4) is 0 Å². The van der Waals surface area contributed by atoms with E-state index in [4.69, 9.17) is 8.94 Å². The van der Waals surface area contributed by atoms with Crippen LogP contribution in [-0.4, -0.2) is 24.8 Å². The molecule has 2 aromatic heterocycles. The largest absolute Gasteiger partial charge is 0.464 e. The molecule has 7 nitrogen and oxygen atoms in total. The Hall–Kier alpha value is -2.26. The summed E-state index contributed by atoms with van der Waals surface area (Å²) >= 11 is 0. The lowest BCUT2D eigenvalue weighted by Gasteiger charge is -2.20. The number of halogens is 1. The highest BCUT2D eigenvalue weighted by atomic mass is 32.2. The summed E-state index contributed by atoms with van der Waals surface area (Å²) in [7, 11) is -3.47. The van der Waals surface area contributed by atoms with E-state index in [0.717, 1.165) is 6.26 Å². The molecule has 1 N–H and O–H groups in total. The zero-order chi connectivity index (χ0) is 16.8. The maximum absolute atomic E-state index is 13.7. The van der Waals surface area contributed by atoms with Gasteiger partial charge in [0.1, 0.15) is 11.4 Å². The van der Waals surface area contributed by atoms with Gasteiger partial charge in [-0.05, 0) is 32.0 Å². The first-order valence-corrected chi connectivity index (χ1v) is 8.55. The Morgan fingerprint density at radius 3 is 2.74 bits per heavy atom. The lowest BCUT2D eigenvalue weighted by molar-refractivity contribution is 0.382. The van der Waals surface area contributed by atoms with Gasteiger partial charge in [0.05, 0.1) is 23.6 Å². The van der Waals surface area contributed by atoms with Crippen LogP contribution in [0.25, 0.3) is 22.4 Å². The van der Waals surface area contributed by atoms with Crippen LogP contribution in [0.15, 0.2) is 33.4 Å². The van der Waals surface area contributed by atoms with Crippen molar-refractivity contribution in [3.63, 3.8) is 0 Å². The summed E-state index contributed by atoms with van der Waals surface area (Å²) in [6.45, 7) is 3.19. The molecule has 0 radical (unpaired) electrons. The van der Waals surface area contributed by atoms with E-state index in [9.17, 15) is 12.8 Å². The van der Waals surface area contributed by atoms with E-state index in [2.05, 4.69) is 14.9 Å². The van der Waals surface area contributed by atoms with Gasteiger partial charge in [0, 0.05) is 5.39 Å². The van der Waals surface area contributed by atoms with E-state index in [1.54, 1.807) is 19.9 Å². The lowest BCUT2D eigenvalue weighted by atomic mass is 10.1. The van der Waals surface area contributed by atoms with Gasteiger partial charge >= 0.3 is 0 Å². The third-order valence-electron chi connectivity index (χ3n) is 3.17. The van der Waals surface area contributed by atoms with E-state index in [1.807, 2.05) is 0 Å². The van der Waals surface area contributed by atoms with Crippen LogP contribution in [-0.2, 0) is 15.6 Å². The lowest BCUT2D eigenvalue weighted by Crippen LogP contribution is -2.41. The minimum atomic E-state index is -3.47. The number of fused-ring (bicyclic) bond motifs is 1. The maximum Gasteiger partial charge on any atom is 0.261 e. The van der Waals surface area contributed by atoms with E-state index in [-0.39, 0.29) is 11.7 Å². The minimum absolute atomic E-state index is 0.0443. The molecule has 3 rings (SSSR count). The molecule has 9 heteroatoms. The SMILES string of the molecule is CC(C)(NS(C)(=O)=O)c1noc(-c2cc(F)cc3ccoc23)n1. The highest BCUT2D eigenvalue weighted by molar-refractivity contribution is 7.88. The molecule has 0 saturated heterocycles. The van der Waals surface area contributed by atoms with Crippen molar-refractivity contribution >= 4 is 21.0 Å². The number of rotatable bonds is 4. The highest BCUT2D eigenvalue weighted by Crippen LogP contribution is 2.30. The second kappa shape index (κ2) is 5.14. The average molecular weight is 339 g/mol. The summed E-state index contributed by atoms with van der Waals surface area (Å²) in [5, 5.41) is 4.36. The van der Waals surface area contributed by atoms with E-state index >= 15 is 0 Å². The molecule has 0 fully saturated rings. The predicted octanol–water partition coefficient (Wildman–Crippen LogP) is 2.41. The number of nitrogens with one attached hydrogen (secondary N) is 1. The zero-order valence-electron chi connectivity index (χ0n) is 12.6. The molecule has 0 bridgehead atoms. The molecule has 0 aliphatic rings. The number of benzene rings is 1. The molecule has 122 valence electrons. The summed E-state index contributed by atoms with van der Waals surface area (Å²) in [5.74, 6) is -0.299. The van der Waals surface area contributed by atoms with Gasteiger partial charge in [0.25, 0.3) is 5.89 Å². The van der Waals surface area contributed by atoms with Crippen LogP contribution in [0.5, 0.6) is 0 Å². The third-order valence-corrected chi connectivity index (χ3v) is 4.05. The zero-order valence-corrected chi connectivity index (χ0v) is 13.4. The summed E-state index contributed by atoms with van der Waals surface area (Å²) in [6.07, 6.45) is 2.47. The first kappa shape index (κ1) is 15.6. The van der Waals surface area contributed by atoms with Crippen molar-refractivity contribution in [2.75, 3.05) is 6.26 Å². The summed E-state index contributed by atoms with van der Waals surface area (Å²) in [5.41, 5.74) is -0.361. The Morgan fingerprint density at radius 1 is 1.30 bits per heavy atom. The number of furan rings is 1. The number of hydrogen-bond acceptors (Lipinski definition) is 6. The fourth-order valence-electron chi connectivity index (χ4n) is 2.30. The number of nitrogens with zero attached hydrogens (tertiary/aromatic N) is 2. The van der Waals surface area contributed by atoms with Gasteiger partial charge < -0.3 is 8.94 Å². The molecule has 0 unspecified atom stereocenters. The first-order valence-electron chi connectivity index (χ1n) is 6.66. The topological polar surface area (TPSA) is 98.2 Å². The highest BCUT2D eigenvalue weighted by Gasteiger charge is 2.30. The van der Waals surface area contributed by atoms with Crippen molar-refractivity contribution in [2.45, 2.75) is 19.4 Å². The molecular formula is C14H14FN3O4S. The second-order valence-electron chi connectivity index (χ2n) is 5.71. The normalized spacial score (nSPS) is 12.9. The molecule has 0 aliphatic carbocycles. The molecule has 0 saturated carbocycles. The van der Waals surface area contributed by atoms with Gasteiger partial charge in [0.2, 0.25) is 10.0 Å². The number of hydrogen-bond donors (Lipinski definition) is 1. The van der Waals surface area contributed by atoms with Gasteiger partial charge in [-0.3, -0.25) is 0 Å². The maximum atomic E-state index is 13.7. The molecular weight excluding hydrogens is 325 g/mol. The average Bonchev–Trinajstić information content (AvgIpc) is 3.03. The van der Waals surface area contributed by atoms with Gasteiger partial charge in [-0.2, -0.15) is 4.98 Å². The van der Waals surface area contributed by atoms with Crippen molar-refractivity contribution in [3.05, 3.63) is 36.1 Å².